The molecule has 2 N–H and O–H groups in total. The number of likely N-dealkylation sites (tertiary alicyclic amines) is 1. The third kappa shape index (κ3) is 3.89. The van der Waals surface area contributed by atoms with Gasteiger partial charge in [0.2, 0.25) is 11.6 Å². The molecule has 1 aliphatic carbocycles. The number of aryl methyl sites for hydroxylation is 1. The van der Waals surface area contributed by atoms with Gasteiger partial charge in [-0.25, -0.2) is 0 Å². The van der Waals surface area contributed by atoms with Crippen LogP contribution in [0.1, 0.15) is 38.3 Å². The first-order chi connectivity index (χ1) is 12.2. The molecule has 8 heteroatoms. The number of carbonyl (C=O) groups excluding carboxylic acids is 1. The Morgan fingerprint density at radius 2 is 2.04 bits per heavy atom. The van der Waals surface area contributed by atoms with E-state index in [1.54, 1.807) is 10.8 Å². The average Bonchev–Trinajstić information content (AvgIpc) is 3.29. The molecule has 0 atom stereocenters. The van der Waals surface area contributed by atoms with Gasteiger partial charge in [0.1, 0.15) is 6.33 Å². The van der Waals surface area contributed by atoms with E-state index in [-0.39, 0.29) is 5.91 Å². The summed E-state index contributed by atoms with van der Waals surface area (Å²) < 4.78 is 1.73. The second-order valence-electron chi connectivity index (χ2n) is 7.04. The van der Waals surface area contributed by atoms with Crippen molar-refractivity contribution in [3.63, 3.8) is 0 Å². The third-order valence-corrected chi connectivity index (χ3v) is 4.94. The van der Waals surface area contributed by atoms with E-state index in [1.807, 2.05) is 0 Å². The molecule has 1 saturated heterocycles. The van der Waals surface area contributed by atoms with Crippen LogP contribution in [0.15, 0.2) is 12.4 Å². The van der Waals surface area contributed by atoms with E-state index in [0.717, 1.165) is 62.2 Å². The van der Waals surface area contributed by atoms with Gasteiger partial charge in [0.05, 0.1) is 17.9 Å². The van der Waals surface area contributed by atoms with Crippen LogP contribution in [0.25, 0.3) is 5.65 Å². The van der Waals surface area contributed by atoms with Crippen LogP contribution in [0, 0.1) is 0 Å². The molecule has 1 amide bonds. The van der Waals surface area contributed by atoms with Gasteiger partial charge in [-0.1, -0.05) is 6.92 Å². The van der Waals surface area contributed by atoms with E-state index in [4.69, 9.17) is 0 Å². The second kappa shape index (κ2) is 6.95. The smallest absolute Gasteiger partial charge is 0.234 e. The summed E-state index contributed by atoms with van der Waals surface area (Å²) in [7, 11) is 0. The summed E-state index contributed by atoms with van der Waals surface area (Å²) in [5, 5.41) is 19.3. The largest absolute Gasteiger partial charge is 0.379 e. The Kier molecular flexibility index (Phi) is 4.52. The van der Waals surface area contributed by atoms with Gasteiger partial charge in [0.25, 0.3) is 0 Å². The first kappa shape index (κ1) is 16.3. The molecule has 134 valence electrons. The highest BCUT2D eigenvalue weighted by molar-refractivity contribution is 5.78. The van der Waals surface area contributed by atoms with Crippen molar-refractivity contribution in [3.05, 3.63) is 18.1 Å². The van der Waals surface area contributed by atoms with Crippen molar-refractivity contribution < 1.29 is 4.79 Å². The molecule has 0 aromatic carbocycles. The second-order valence-corrected chi connectivity index (χ2v) is 7.04. The minimum Gasteiger partial charge on any atom is -0.379 e. The number of hydrogen-bond acceptors (Lipinski definition) is 6. The van der Waals surface area contributed by atoms with Crippen LogP contribution < -0.4 is 10.6 Å². The number of nitrogens with one attached hydrogen (secondary N) is 2. The molecule has 4 rings (SSSR count). The van der Waals surface area contributed by atoms with Crippen molar-refractivity contribution in [2.75, 3.05) is 25.0 Å². The Hall–Kier alpha value is -2.22. The van der Waals surface area contributed by atoms with Gasteiger partial charge in [-0.05, 0) is 38.2 Å². The number of nitrogens with zero attached hydrogens (tertiary/aromatic N) is 5. The minimum atomic E-state index is 0.167. The Morgan fingerprint density at radius 3 is 2.76 bits per heavy atom. The lowest BCUT2D eigenvalue weighted by molar-refractivity contribution is -0.122. The number of anilines is 1. The van der Waals surface area contributed by atoms with Crippen LogP contribution >= 0.6 is 0 Å². The summed E-state index contributed by atoms with van der Waals surface area (Å²) in [6, 6.07) is 2.89. The van der Waals surface area contributed by atoms with E-state index in [2.05, 4.69) is 43.8 Å². The van der Waals surface area contributed by atoms with E-state index >= 15 is 0 Å². The molecule has 2 aliphatic rings. The number of fused-ring (bicyclic) bond motifs is 1. The minimum absolute atomic E-state index is 0.167. The van der Waals surface area contributed by atoms with Crippen molar-refractivity contribution in [2.24, 2.45) is 0 Å². The molecule has 0 spiro atoms. The van der Waals surface area contributed by atoms with Crippen LogP contribution in [-0.2, 0) is 11.2 Å². The third-order valence-electron chi connectivity index (χ3n) is 4.94. The van der Waals surface area contributed by atoms with Crippen molar-refractivity contribution in [2.45, 2.75) is 51.1 Å². The molecule has 0 bridgehead atoms. The van der Waals surface area contributed by atoms with Crippen LogP contribution in [0.4, 0.5) is 5.69 Å². The van der Waals surface area contributed by atoms with Gasteiger partial charge >= 0.3 is 0 Å². The monoisotopic (exact) mass is 343 g/mol. The molecule has 0 radical (unpaired) electrons. The van der Waals surface area contributed by atoms with Crippen LogP contribution in [0.3, 0.4) is 0 Å². The maximum absolute atomic E-state index is 11.9. The van der Waals surface area contributed by atoms with E-state index < -0.39 is 0 Å². The van der Waals surface area contributed by atoms with Crippen molar-refractivity contribution in [3.8, 4) is 0 Å². The summed E-state index contributed by atoms with van der Waals surface area (Å²) in [5.41, 5.74) is 2.78. The first-order valence-corrected chi connectivity index (χ1v) is 9.19. The summed E-state index contributed by atoms with van der Waals surface area (Å²) in [6.45, 7) is 4.48. The summed E-state index contributed by atoms with van der Waals surface area (Å²) in [5.74, 6) is 0.167. The Morgan fingerprint density at radius 1 is 1.24 bits per heavy atom. The van der Waals surface area contributed by atoms with Crippen molar-refractivity contribution in [1.82, 2.24) is 30.0 Å². The molecule has 2 fully saturated rings. The molecule has 25 heavy (non-hydrogen) atoms. The molecule has 3 heterocycles. The molecule has 2 aromatic rings. The molecular formula is C17H25N7O. The Balaban J connectivity index is 1.34. The van der Waals surface area contributed by atoms with Gasteiger partial charge in [-0.2, -0.15) is 9.61 Å². The van der Waals surface area contributed by atoms with E-state index in [1.165, 1.54) is 0 Å². The number of carbonyl (C=O) groups is 1. The molecule has 0 unspecified atom stereocenters. The predicted octanol–water partition coefficient (Wildman–Crippen LogP) is 0.842. The highest BCUT2D eigenvalue weighted by atomic mass is 16.2. The lowest BCUT2D eigenvalue weighted by Gasteiger charge is -2.32. The number of aromatic nitrogens is 4. The quantitative estimate of drug-likeness (QED) is 0.808. The van der Waals surface area contributed by atoms with Crippen LogP contribution in [0.5, 0.6) is 0 Å². The molecular weight excluding hydrogens is 318 g/mol. The average molecular weight is 343 g/mol. The number of piperidine rings is 1. The standard InChI is InChI=1S/C17H25N7O/c1-2-12-9-15(17-21-18-11-24(17)22-12)19-14-5-7-23(8-6-14)10-16(25)20-13-3-4-13/h9,11,13-14,19H,2-8,10H2,1H3,(H,20,25). The number of rotatable bonds is 6. The summed E-state index contributed by atoms with van der Waals surface area (Å²) in [6.07, 6.45) is 6.82. The van der Waals surface area contributed by atoms with E-state index in [0.29, 0.717) is 18.6 Å². The Labute approximate surface area is 147 Å². The number of amides is 1. The van der Waals surface area contributed by atoms with Crippen molar-refractivity contribution >= 4 is 17.2 Å². The fourth-order valence-corrected chi connectivity index (χ4v) is 3.32. The normalized spacial score (nSPS) is 19.2. The zero-order chi connectivity index (χ0) is 17.2. The van der Waals surface area contributed by atoms with Crippen LogP contribution in [-0.4, -0.2) is 62.3 Å². The Bertz CT molecular complexity index is 747. The zero-order valence-electron chi connectivity index (χ0n) is 14.6. The molecule has 2 aromatic heterocycles. The fourth-order valence-electron chi connectivity index (χ4n) is 3.32. The number of hydrogen-bond donors (Lipinski definition) is 2. The van der Waals surface area contributed by atoms with Gasteiger partial charge in [0.15, 0.2) is 0 Å². The lowest BCUT2D eigenvalue weighted by atomic mass is 10.0. The van der Waals surface area contributed by atoms with Gasteiger partial charge < -0.3 is 10.6 Å². The first-order valence-electron chi connectivity index (χ1n) is 9.19. The zero-order valence-corrected chi connectivity index (χ0v) is 14.6. The predicted molar refractivity (Wildman–Crippen MR) is 94.4 cm³/mol. The topological polar surface area (TPSA) is 87.5 Å². The SMILES string of the molecule is CCc1cc(NC2CCN(CC(=O)NC3CC3)CC2)c2nncn2n1. The highest BCUT2D eigenvalue weighted by Gasteiger charge is 2.26. The molecule has 8 nitrogen and oxygen atoms in total. The summed E-state index contributed by atoms with van der Waals surface area (Å²) in [4.78, 5) is 14.2. The highest BCUT2D eigenvalue weighted by Crippen LogP contribution is 2.21. The molecule has 1 aliphatic heterocycles. The molecule has 1 saturated carbocycles. The van der Waals surface area contributed by atoms with Crippen molar-refractivity contribution in [1.29, 1.82) is 0 Å². The lowest BCUT2D eigenvalue weighted by Crippen LogP contribution is -2.44. The van der Waals surface area contributed by atoms with Gasteiger partial charge in [-0.3, -0.25) is 9.69 Å². The van der Waals surface area contributed by atoms with Crippen LogP contribution in [0.2, 0.25) is 0 Å². The maximum atomic E-state index is 11.9. The maximum Gasteiger partial charge on any atom is 0.234 e. The fraction of sp³-hybridized carbons (Fsp3) is 0.647. The van der Waals surface area contributed by atoms with Gasteiger partial charge in [0, 0.05) is 25.2 Å². The summed E-state index contributed by atoms with van der Waals surface area (Å²) >= 11 is 0. The van der Waals surface area contributed by atoms with Gasteiger partial charge in [-0.15, -0.1) is 10.2 Å². The van der Waals surface area contributed by atoms with E-state index in [9.17, 15) is 4.79 Å².